The molecule has 0 aliphatic heterocycles. The number of furan rings is 1. The van der Waals surface area contributed by atoms with Crippen molar-refractivity contribution < 1.29 is 23.5 Å². The highest BCUT2D eigenvalue weighted by Crippen LogP contribution is 2.28. The summed E-state index contributed by atoms with van der Waals surface area (Å²) < 4.78 is 16.5. The summed E-state index contributed by atoms with van der Waals surface area (Å²) in [5, 5.41) is 2.90. The van der Waals surface area contributed by atoms with Crippen LogP contribution in [-0.4, -0.2) is 55.6 Å². The maximum Gasteiger partial charge on any atom is 0.322 e. The lowest BCUT2D eigenvalue weighted by Crippen LogP contribution is -2.45. The van der Waals surface area contributed by atoms with E-state index in [0.717, 1.165) is 23.3 Å². The molecule has 8 heteroatoms. The van der Waals surface area contributed by atoms with Gasteiger partial charge in [0, 0.05) is 18.8 Å². The van der Waals surface area contributed by atoms with E-state index in [1.54, 1.807) is 24.0 Å². The van der Waals surface area contributed by atoms with Crippen molar-refractivity contribution in [2.24, 2.45) is 0 Å². The first-order chi connectivity index (χ1) is 17.8. The van der Waals surface area contributed by atoms with E-state index in [1.165, 1.54) is 0 Å². The third kappa shape index (κ3) is 8.03. The maximum absolute atomic E-state index is 13.5. The summed E-state index contributed by atoms with van der Waals surface area (Å²) in [5.74, 6) is 2.63. The number of benzene rings is 2. The Balaban J connectivity index is 1.73. The van der Waals surface area contributed by atoms with Crippen LogP contribution in [0.1, 0.15) is 36.0 Å². The van der Waals surface area contributed by atoms with Crippen molar-refractivity contribution in [3.8, 4) is 11.5 Å². The van der Waals surface area contributed by atoms with Crippen LogP contribution >= 0.6 is 0 Å². The van der Waals surface area contributed by atoms with Crippen molar-refractivity contribution >= 4 is 17.6 Å². The molecule has 0 saturated heterocycles. The molecular weight excluding hydrogens is 470 g/mol. The van der Waals surface area contributed by atoms with Gasteiger partial charge in [0.25, 0.3) is 0 Å². The fraction of sp³-hybridized carbons (Fsp3) is 0.379. The average molecular weight is 508 g/mol. The number of carbonyl (C=O) groups excluding carboxylic acids is 2. The van der Waals surface area contributed by atoms with Crippen molar-refractivity contribution in [1.29, 1.82) is 0 Å². The Labute approximate surface area is 219 Å². The fourth-order valence-electron chi connectivity index (χ4n) is 3.98. The normalized spacial score (nSPS) is 10.6. The zero-order chi connectivity index (χ0) is 26.8. The maximum atomic E-state index is 13.5. The van der Waals surface area contributed by atoms with Gasteiger partial charge in [-0.15, -0.1) is 0 Å². The lowest BCUT2D eigenvalue weighted by Gasteiger charge is -2.27. The molecule has 0 aliphatic carbocycles. The van der Waals surface area contributed by atoms with Gasteiger partial charge in [-0.25, -0.2) is 4.79 Å². The van der Waals surface area contributed by atoms with E-state index in [1.807, 2.05) is 75.4 Å². The van der Waals surface area contributed by atoms with Gasteiger partial charge >= 0.3 is 6.03 Å². The number of aryl methyl sites for hydroxylation is 2. The Hall–Kier alpha value is -3.94. The highest BCUT2D eigenvalue weighted by Gasteiger charge is 2.22. The third-order valence-electron chi connectivity index (χ3n) is 6.02. The zero-order valence-corrected chi connectivity index (χ0v) is 22.4. The number of ether oxygens (including phenoxy) is 2. The second kappa shape index (κ2) is 13.4. The summed E-state index contributed by atoms with van der Waals surface area (Å²) in [7, 11) is 3.20. The number of methoxy groups -OCH3 is 2. The van der Waals surface area contributed by atoms with Crippen LogP contribution < -0.4 is 14.8 Å². The molecule has 37 heavy (non-hydrogen) atoms. The fourth-order valence-corrected chi connectivity index (χ4v) is 3.98. The first-order valence-corrected chi connectivity index (χ1v) is 12.5. The molecular formula is C29H37N3O5. The Morgan fingerprint density at radius 3 is 2.24 bits per heavy atom. The van der Waals surface area contributed by atoms with Crippen LogP contribution in [0, 0.1) is 13.8 Å². The summed E-state index contributed by atoms with van der Waals surface area (Å²) in [6, 6.07) is 16.8. The summed E-state index contributed by atoms with van der Waals surface area (Å²) in [4.78, 5) is 29.8. The summed E-state index contributed by atoms with van der Waals surface area (Å²) in [6.45, 7) is 7.05. The first-order valence-electron chi connectivity index (χ1n) is 12.5. The number of amides is 3. The second-order valence-electron chi connectivity index (χ2n) is 8.98. The van der Waals surface area contributed by atoms with E-state index < -0.39 is 0 Å². The predicted octanol–water partition coefficient (Wildman–Crippen LogP) is 5.43. The number of urea groups is 1. The lowest BCUT2D eigenvalue weighted by molar-refractivity contribution is -0.132. The van der Waals surface area contributed by atoms with Gasteiger partial charge in [-0.3, -0.25) is 4.79 Å². The highest BCUT2D eigenvalue weighted by atomic mass is 16.5. The molecule has 3 aromatic rings. The van der Waals surface area contributed by atoms with Crippen LogP contribution in [0.15, 0.2) is 59.0 Å². The molecule has 0 aliphatic rings. The number of rotatable bonds is 12. The van der Waals surface area contributed by atoms with Crippen molar-refractivity contribution in [2.45, 2.75) is 40.2 Å². The Morgan fingerprint density at radius 2 is 1.62 bits per heavy atom. The predicted molar refractivity (Wildman–Crippen MR) is 144 cm³/mol. The lowest BCUT2D eigenvalue weighted by atomic mass is 10.1. The Kier molecular flexibility index (Phi) is 10.0. The van der Waals surface area contributed by atoms with Crippen molar-refractivity contribution in [1.82, 2.24) is 9.80 Å². The first kappa shape index (κ1) is 27.6. The van der Waals surface area contributed by atoms with E-state index in [9.17, 15) is 9.59 Å². The number of nitrogens with zero attached hydrogens (tertiary/aromatic N) is 2. The highest BCUT2D eigenvalue weighted by molar-refractivity contribution is 5.92. The largest absolute Gasteiger partial charge is 0.493 e. The molecule has 0 spiro atoms. The van der Waals surface area contributed by atoms with Gasteiger partial charge in [0.1, 0.15) is 18.1 Å². The standard InChI is InChI=1S/C29H37N3O5/c1-6-16-32(29(34)30-24-11-7-21(2)8-12-24)20-28(33)31(19-25-13-9-22(3)37-25)17-15-23-10-14-26(35-4)27(18-23)36-5/h7-14,18H,6,15-17,19-20H2,1-5H3,(H,30,34). The van der Waals surface area contributed by atoms with Crippen LogP contribution in [-0.2, 0) is 17.8 Å². The Bertz CT molecular complexity index is 1170. The molecule has 8 nitrogen and oxygen atoms in total. The molecule has 0 atom stereocenters. The van der Waals surface area contributed by atoms with Gasteiger partial charge in [-0.2, -0.15) is 0 Å². The molecule has 1 aromatic heterocycles. The van der Waals surface area contributed by atoms with E-state index >= 15 is 0 Å². The average Bonchev–Trinajstić information content (AvgIpc) is 3.31. The molecule has 1 N–H and O–H groups in total. The van der Waals surface area contributed by atoms with Crippen LogP contribution in [0.2, 0.25) is 0 Å². The van der Waals surface area contributed by atoms with Crippen molar-refractivity contribution in [3.05, 3.63) is 77.2 Å². The smallest absolute Gasteiger partial charge is 0.322 e. The topological polar surface area (TPSA) is 84.2 Å². The molecule has 0 radical (unpaired) electrons. The molecule has 3 amide bonds. The minimum absolute atomic E-state index is 0.0306. The summed E-state index contributed by atoms with van der Waals surface area (Å²) in [6.07, 6.45) is 1.34. The number of anilines is 1. The van der Waals surface area contributed by atoms with Gasteiger partial charge in [-0.1, -0.05) is 30.7 Å². The third-order valence-corrected chi connectivity index (χ3v) is 6.02. The van der Waals surface area contributed by atoms with Crippen LogP contribution in [0.4, 0.5) is 10.5 Å². The monoisotopic (exact) mass is 507 g/mol. The number of hydrogen-bond donors (Lipinski definition) is 1. The van der Waals surface area contributed by atoms with Crippen LogP contribution in [0.3, 0.4) is 0 Å². The number of hydrogen-bond acceptors (Lipinski definition) is 5. The second-order valence-corrected chi connectivity index (χ2v) is 8.98. The zero-order valence-electron chi connectivity index (χ0n) is 22.4. The van der Waals surface area contributed by atoms with Gasteiger partial charge in [-0.05, 0) is 68.7 Å². The van der Waals surface area contributed by atoms with Crippen molar-refractivity contribution in [2.75, 3.05) is 39.2 Å². The summed E-state index contributed by atoms with van der Waals surface area (Å²) in [5.41, 5.74) is 2.81. The molecule has 0 saturated carbocycles. The van der Waals surface area contributed by atoms with E-state index in [0.29, 0.717) is 49.0 Å². The molecule has 1 heterocycles. The Morgan fingerprint density at radius 1 is 0.892 bits per heavy atom. The number of nitrogens with one attached hydrogen (secondary N) is 1. The molecule has 2 aromatic carbocycles. The molecule has 3 rings (SSSR count). The minimum Gasteiger partial charge on any atom is -0.493 e. The van der Waals surface area contributed by atoms with E-state index in [4.69, 9.17) is 13.9 Å². The van der Waals surface area contributed by atoms with E-state index in [2.05, 4.69) is 5.32 Å². The van der Waals surface area contributed by atoms with Crippen molar-refractivity contribution in [3.63, 3.8) is 0 Å². The molecule has 0 bridgehead atoms. The molecule has 0 fully saturated rings. The SMILES string of the molecule is CCCN(CC(=O)N(CCc1ccc(OC)c(OC)c1)Cc1ccc(C)o1)C(=O)Nc1ccc(C)cc1. The summed E-state index contributed by atoms with van der Waals surface area (Å²) >= 11 is 0. The van der Waals surface area contributed by atoms with Gasteiger partial charge < -0.3 is 29.0 Å². The van der Waals surface area contributed by atoms with Crippen LogP contribution in [0.25, 0.3) is 0 Å². The van der Waals surface area contributed by atoms with Gasteiger partial charge in [0.05, 0.1) is 20.8 Å². The molecule has 0 unspecified atom stereocenters. The number of carbonyl (C=O) groups is 2. The minimum atomic E-state index is -0.298. The van der Waals surface area contributed by atoms with E-state index in [-0.39, 0.29) is 18.5 Å². The van der Waals surface area contributed by atoms with Gasteiger partial charge in [0.15, 0.2) is 11.5 Å². The van der Waals surface area contributed by atoms with Gasteiger partial charge in [0.2, 0.25) is 5.91 Å². The molecule has 198 valence electrons. The quantitative estimate of drug-likeness (QED) is 0.353. The van der Waals surface area contributed by atoms with Crippen LogP contribution in [0.5, 0.6) is 11.5 Å².